The minimum atomic E-state index is -0.294. The van der Waals surface area contributed by atoms with Crippen LogP contribution < -0.4 is 10.6 Å². The summed E-state index contributed by atoms with van der Waals surface area (Å²) in [4.78, 5) is 11.6. The number of aryl methyl sites for hydroxylation is 1. The second-order valence-corrected chi connectivity index (χ2v) is 4.45. The summed E-state index contributed by atoms with van der Waals surface area (Å²) in [7, 11) is 0. The molecule has 0 spiro atoms. The van der Waals surface area contributed by atoms with Crippen LogP contribution >= 0.6 is 0 Å². The summed E-state index contributed by atoms with van der Waals surface area (Å²) in [5.41, 5.74) is 1.46. The summed E-state index contributed by atoms with van der Waals surface area (Å²) in [6.07, 6.45) is 1.84. The first-order chi connectivity index (χ1) is 8.55. The van der Waals surface area contributed by atoms with Gasteiger partial charge >= 0.3 is 0 Å². The first-order valence-corrected chi connectivity index (χ1v) is 6.35. The Morgan fingerprint density at radius 2 is 1.94 bits per heavy atom. The topological polar surface area (TPSA) is 41.1 Å². The van der Waals surface area contributed by atoms with Crippen molar-refractivity contribution in [3.05, 3.63) is 29.6 Å². The molecule has 0 radical (unpaired) electrons. The molecule has 1 aromatic rings. The summed E-state index contributed by atoms with van der Waals surface area (Å²) in [6, 6.07) is 4.87. The quantitative estimate of drug-likeness (QED) is 0.817. The third-order valence-corrected chi connectivity index (χ3v) is 2.85. The molecule has 1 aromatic carbocycles. The number of benzene rings is 1. The maximum atomic E-state index is 13.1. The number of amides is 1. The van der Waals surface area contributed by atoms with E-state index < -0.39 is 0 Å². The van der Waals surface area contributed by atoms with Gasteiger partial charge in [-0.3, -0.25) is 4.79 Å². The van der Waals surface area contributed by atoms with Gasteiger partial charge in [-0.25, -0.2) is 4.39 Å². The van der Waals surface area contributed by atoms with Crippen molar-refractivity contribution in [3.8, 4) is 0 Å². The third kappa shape index (κ3) is 4.73. The predicted molar refractivity (Wildman–Crippen MR) is 72.1 cm³/mol. The van der Waals surface area contributed by atoms with Gasteiger partial charge in [0.15, 0.2) is 0 Å². The van der Waals surface area contributed by atoms with Crippen LogP contribution in [-0.4, -0.2) is 18.5 Å². The van der Waals surface area contributed by atoms with Gasteiger partial charge in [0.2, 0.25) is 5.91 Å². The number of hydrogen-bond acceptors (Lipinski definition) is 2. The van der Waals surface area contributed by atoms with E-state index in [1.807, 2.05) is 26.8 Å². The lowest BCUT2D eigenvalue weighted by atomic mass is 10.2. The van der Waals surface area contributed by atoms with E-state index in [4.69, 9.17) is 0 Å². The molecule has 1 rings (SSSR count). The van der Waals surface area contributed by atoms with E-state index in [-0.39, 0.29) is 24.3 Å². The van der Waals surface area contributed by atoms with Gasteiger partial charge in [-0.15, -0.1) is 0 Å². The van der Waals surface area contributed by atoms with Crippen molar-refractivity contribution in [1.29, 1.82) is 0 Å². The first-order valence-electron chi connectivity index (χ1n) is 6.35. The van der Waals surface area contributed by atoms with Crippen molar-refractivity contribution in [2.45, 2.75) is 39.7 Å². The molecule has 0 unspecified atom stereocenters. The van der Waals surface area contributed by atoms with Crippen molar-refractivity contribution < 1.29 is 9.18 Å². The fraction of sp³-hybridized carbons (Fsp3) is 0.500. The summed E-state index contributed by atoms with van der Waals surface area (Å²) in [5, 5.41) is 5.85. The van der Waals surface area contributed by atoms with E-state index in [9.17, 15) is 9.18 Å². The Balaban J connectivity index is 2.47. The Morgan fingerprint density at radius 1 is 1.28 bits per heavy atom. The lowest BCUT2D eigenvalue weighted by Crippen LogP contribution is -2.37. The Labute approximate surface area is 108 Å². The summed E-state index contributed by atoms with van der Waals surface area (Å²) >= 11 is 0. The van der Waals surface area contributed by atoms with E-state index in [0.717, 1.165) is 18.4 Å². The van der Waals surface area contributed by atoms with Gasteiger partial charge in [-0.1, -0.05) is 13.8 Å². The highest BCUT2D eigenvalue weighted by molar-refractivity contribution is 5.80. The zero-order valence-electron chi connectivity index (χ0n) is 11.2. The van der Waals surface area contributed by atoms with Crippen molar-refractivity contribution in [2.24, 2.45) is 0 Å². The first kappa shape index (κ1) is 14.5. The van der Waals surface area contributed by atoms with Crippen LogP contribution in [-0.2, 0) is 4.79 Å². The number of halogens is 1. The molecule has 0 aliphatic heterocycles. The normalized spacial score (nSPS) is 10.5. The van der Waals surface area contributed by atoms with Gasteiger partial charge in [0, 0.05) is 11.7 Å². The van der Waals surface area contributed by atoms with Crippen molar-refractivity contribution in [2.75, 3.05) is 11.9 Å². The van der Waals surface area contributed by atoms with E-state index in [1.54, 1.807) is 0 Å². The van der Waals surface area contributed by atoms with Gasteiger partial charge in [0.1, 0.15) is 5.82 Å². The van der Waals surface area contributed by atoms with Crippen molar-refractivity contribution in [3.63, 3.8) is 0 Å². The molecule has 100 valence electrons. The maximum absolute atomic E-state index is 13.1. The van der Waals surface area contributed by atoms with E-state index >= 15 is 0 Å². The molecule has 0 saturated carbocycles. The highest BCUT2D eigenvalue weighted by Gasteiger charge is 2.08. The molecule has 3 nitrogen and oxygen atoms in total. The zero-order valence-corrected chi connectivity index (χ0v) is 11.2. The van der Waals surface area contributed by atoms with Crippen LogP contribution in [0.4, 0.5) is 10.1 Å². The number of anilines is 1. The highest BCUT2D eigenvalue weighted by Crippen LogP contribution is 2.12. The molecular weight excluding hydrogens is 231 g/mol. The molecule has 0 atom stereocenters. The second-order valence-electron chi connectivity index (χ2n) is 4.45. The minimum absolute atomic E-state index is 0.0642. The fourth-order valence-electron chi connectivity index (χ4n) is 1.79. The number of rotatable bonds is 6. The Bertz CT molecular complexity index is 383. The average Bonchev–Trinajstić information content (AvgIpc) is 2.32. The molecule has 0 bridgehead atoms. The van der Waals surface area contributed by atoms with Gasteiger partial charge in [0.05, 0.1) is 6.54 Å². The van der Waals surface area contributed by atoms with Crippen LogP contribution in [0.5, 0.6) is 0 Å². The monoisotopic (exact) mass is 252 g/mol. The maximum Gasteiger partial charge on any atom is 0.239 e. The van der Waals surface area contributed by atoms with E-state index in [1.165, 1.54) is 12.1 Å². The number of carbonyl (C=O) groups is 1. The number of nitrogens with one attached hydrogen (secondary N) is 2. The van der Waals surface area contributed by atoms with Crippen LogP contribution in [0.1, 0.15) is 32.3 Å². The SMILES string of the molecule is CCC(CC)NC(=O)CNc1cc(C)cc(F)c1. The summed E-state index contributed by atoms with van der Waals surface area (Å²) in [6.45, 7) is 6.06. The molecule has 4 heteroatoms. The van der Waals surface area contributed by atoms with Crippen LogP contribution in [0.25, 0.3) is 0 Å². The molecule has 0 aromatic heterocycles. The standard InChI is InChI=1S/C14H21FN2O/c1-4-12(5-2)17-14(18)9-16-13-7-10(3)6-11(15)8-13/h6-8,12,16H,4-5,9H2,1-3H3,(H,17,18). The van der Waals surface area contributed by atoms with Gasteiger partial charge in [-0.05, 0) is 43.5 Å². The number of hydrogen-bond donors (Lipinski definition) is 2. The largest absolute Gasteiger partial charge is 0.376 e. The van der Waals surface area contributed by atoms with E-state index in [2.05, 4.69) is 10.6 Å². The number of carbonyl (C=O) groups excluding carboxylic acids is 1. The van der Waals surface area contributed by atoms with Crippen molar-refractivity contribution >= 4 is 11.6 Å². The zero-order chi connectivity index (χ0) is 13.5. The molecule has 0 aliphatic rings. The predicted octanol–water partition coefficient (Wildman–Crippen LogP) is 2.85. The Morgan fingerprint density at radius 3 is 2.50 bits per heavy atom. The molecule has 18 heavy (non-hydrogen) atoms. The lowest BCUT2D eigenvalue weighted by Gasteiger charge is -2.15. The Kier molecular flexibility index (Phi) is 5.62. The summed E-state index contributed by atoms with van der Waals surface area (Å²) < 4.78 is 13.1. The van der Waals surface area contributed by atoms with Crippen molar-refractivity contribution in [1.82, 2.24) is 5.32 Å². The van der Waals surface area contributed by atoms with Crippen LogP contribution in [0, 0.1) is 12.7 Å². The molecule has 0 aliphatic carbocycles. The molecule has 2 N–H and O–H groups in total. The Hall–Kier alpha value is -1.58. The van der Waals surface area contributed by atoms with Crippen LogP contribution in [0.3, 0.4) is 0 Å². The minimum Gasteiger partial charge on any atom is -0.376 e. The van der Waals surface area contributed by atoms with E-state index in [0.29, 0.717) is 5.69 Å². The lowest BCUT2D eigenvalue weighted by molar-refractivity contribution is -0.120. The average molecular weight is 252 g/mol. The highest BCUT2D eigenvalue weighted by atomic mass is 19.1. The second kappa shape index (κ2) is 6.99. The third-order valence-electron chi connectivity index (χ3n) is 2.85. The van der Waals surface area contributed by atoms with Gasteiger partial charge in [-0.2, -0.15) is 0 Å². The van der Waals surface area contributed by atoms with Crippen LogP contribution in [0.2, 0.25) is 0 Å². The molecule has 0 saturated heterocycles. The smallest absolute Gasteiger partial charge is 0.239 e. The van der Waals surface area contributed by atoms with Gasteiger partial charge < -0.3 is 10.6 Å². The molecule has 0 heterocycles. The fourth-order valence-corrected chi connectivity index (χ4v) is 1.79. The van der Waals surface area contributed by atoms with Gasteiger partial charge in [0.25, 0.3) is 0 Å². The molecule has 1 amide bonds. The van der Waals surface area contributed by atoms with Crippen LogP contribution in [0.15, 0.2) is 18.2 Å². The molecule has 0 fully saturated rings. The molecular formula is C14H21FN2O. The summed E-state index contributed by atoms with van der Waals surface area (Å²) in [5.74, 6) is -0.358.